The number of aromatic nitrogens is 1. The molecule has 1 aliphatic rings. The van der Waals surface area contributed by atoms with Crippen molar-refractivity contribution in [2.45, 2.75) is 44.2 Å². The molecular formula is C37H37N3O5S. The Kier molecular flexibility index (Phi) is 10.1. The van der Waals surface area contributed by atoms with E-state index in [1.165, 1.54) is 11.8 Å². The summed E-state index contributed by atoms with van der Waals surface area (Å²) in [7, 11) is 0. The van der Waals surface area contributed by atoms with Crippen molar-refractivity contribution in [1.82, 2.24) is 10.3 Å². The fourth-order valence-corrected chi connectivity index (χ4v) is 6.49. The van der Waals surface area contributed by atoms with Crippen LogP contribution in [0.4, 0.5) is 10.5 Å². The third-order valence-electron chi connectivity index (χ3n) is 7.94. The van der Waals surface area contributed by atoms with Crippen LogP contribution in [0.1, 0.15) is 42.9 Å². The van der Waals surface area contributed by atoms with E-state index in [1.54, 1.807) is 0 Å². The summed E-state index contributed by atoms with van der Waals surface area (Å²) in [4.78, 5) is 17.1. The van der Waals surface area contributed by atoms with Gasteiger partial charge >= 0.3 is 6.03 Å². The molecule has 4 atom stereocenters. The van der Waals surface area contributed by atoms with E-state index in [0.717, 1.165) is 39.3 Å². The van der Waals surface area contributed by atoms with Gasteiger partial charge < -0.3 is 29.6 Å². The Labute approximate surface area is 273 Å². The van der Waals surface area contributed by atoms with Crippen LogP contribution in [0.5, 0.6) is 0 Å². The summed E-state index contributed by atoms with van der Waals surface area (Å²) in [6, 6.07) is 35.1. The number of amides is 2. The predicted octanol–water partition coefficient (Wildman–Crippen LogP) is 8.23. The minimum absolute atomic E-state index is 0.0162. The number of aliphatic hydroxyl groups is 1. The number of carbonyl (C=O) groups excluding carboxylic acids is 1. The van der Waals surface area contributed by atoms with E-state index >= 15 is 0 Å². The first-order valence-electron chi connectivity index (χ1n) is 15.4. The van der Waals surface area contributed by atoms with Gasteiger partial charge in [0.25, 0.3) is 5.22 Å². The lowest BCUT2D eigenvalue weighted by atomic mass is 9.91. The fraction of sp³-hybridized carbons (Fsp3) is 0.243. The van der Waals surface area contributed by atoms with Crippen molar-refractivity contribution in [2.75, 3.05) is 17.6 Å². The molecular weight excluding hydrogens is 598 g/mol. The molecule has 1 aliphatic heterocycles. The molecule has 2 amide bonds. The van der Waals surface area contributed by atoms with Gasteiger partial charge in [0.05, 0.1) is 18.8 Å². The van der Waals surface area contributed by atoms with Gasteiger partial charge in [-0.3, -0.25) is 0 Å². The van der Waals surface area contributed by atoms with Gasteiger partial charge in [-0.2, -0.15) is 0 Å². The number of urea groups is 1. The highest BCUT2D eigenvalue weighted by Gasteiger charge is 2.39. The Balaban J connectivity index is 1.28. The number of rotatable bonds is 10. The minimum atomic E-state index is -0.676. The summed E-state index contributed by atoms with van der Waals surface area (Å²) >= 11 is 1.52. The average Bonchev–Trinajstić information content (AvgIpc) is 3.53. The maximum atomic E-state index is 12.2. The quantitative estimate of drug-likeness (QED) is 0.133. The van der Waals surface area contributed by atoms with Gasteiger partial charge in [-0.25, -0.2) is 9.78 Å². The number of nitrogens with one attached hydrogen (secondary N) is 2. The molecule has 46 heavy (non-hydrogen) atoms. The molecule has 0 unspecified atom stereocenters. The molecule has 4 aromatic carbocycles. The molecule has 6 rings (SSSR count). The Hall–Kier alpha value is -4.41. The van der Waals surface area contributed by atoms with Crippen molar-refractivity contribution in [2.24, 2.45) is 5.92 Å². The van der Waals surface area contributed by atoms with Crippen molar-refractivity contribution in [3.8, 4) is 22.6 Å². The average molecular weight is 636 g/mol. The highest BCUT2D eigenvalue weighted by Crippen LogP contribution is 2.44. The van der Waals surface area contributed by atoms with Gasteiger partial charge in [-0.05, 0) is 30.2 Å². The fourth-order valence-electron chi connectivity index (χ4n) is 5.50. The van der Waals surface area contributed by atoms with Crippen molar-refractivity contribution in [1.29, 1.82) is 0 Å². The van der Waals surface area contributed by atoms with Crippen LogP contribution < -0.4 is 10.6 Å². The van der Waals surface area contributed by atoms with E-state index in [2.05, 4.69) is 17.6 Å². The Bertz CT molecular complexity index is 1670. The van der Waals surface area contributed by atoms with Crippen LogP contribution in [-0.4, -0.2) is 34.5 Å². The SMILES string of the molecule is CCNC(=O)Nc1cccc([C@H]2O[C@@H](CSc3nc(-c4ccccc4)c(-c4ccccc4)o3)[C@@H](C)[C@@H](c3ccc(CO)cc3)O2)c1. The second kappa shape index (κ2) is 14.8. The van der Waals surface area contributed by atoms with E-state index in [4.69, 9.17) is 18.9 Å². The van der Waals surface area contributed by atoms with E-state index in [-0.39, 0.29) is 30.8 Å². The lowest BCUT2D eigenvalue weighted by Gasteiger charge is -2.41. The standard InChI is InChI=1S/C37H37N3O5S/c1-3-38-36(42)39-30-16-10-15-29(21-30)35-43-31(24(2)33(44-35)28-19-17-25(22-41)18-20-28)23-46-37-40-32(26-11-6-4-7-12-26)34(45-37)27-13-8-5-9-14-27/h4-21,24,31,33,35,41H,3,22-23H2,1-2H3,(H2,38,39,42)/t24-,31+,33+,35+/m1/s1. The zero-order chi connectivity index (χ0) is 31.9. The maximum absolute atomic E-state index is 12.2. The molecule has 0 radical (unpaired) electrons. The molecule has 1 saturated heterocycles. The maximum Gasteiger partial charge on any atom is 0.319 e. The number of hydrogen-bond donors (Lipinski definition) is 3. The van der Waals surface area contributed by atoms with Gasteiger partial charge in [-0.1, -0.05) is 116 Å². The monoisotopic (exact) mass is 635 g/mol. The van der Waals surface area contributed by atoms with Gasteiger partial charge in [0.15, 0.2) is 12.1 Å². The zero-order valence-corrected chi connectivity index (χ0v) is 26.6. The van der Waals surface area contributed by atoms with Crippen LogP contribution in [0, 0.1) is 5.92 Å². The van der Waals surface area contributed by atoms with Crippen LogP contribution in [-0.2, 0) is 16.1 Å². The number of aliphatic hydroxyl groups excluding tert-OH is 1. The largest absolute Gasteiger partial charge is 0.431 e. The molecule has 1 fully saturated rings. The molecule has 0 spiro atoms. The zero-order valence-electron chi connectivity index (χ0n) is 25.8. The van der Waals surface area contributed by atoms with Gasteiger partial charge in [0.2, 0.25) is 0 Å². The summed E-state index contributed by atoms with van der Waals surface area (Å²) in [6.07, 6.45) is -1.18. The number of oxazole rings is 1. The number of nitrogens with zero attached hydrogens (tertiary/aromatic N) is 1. The normalized spacial score (nSPS) is 19.5. The lowest BCUT2D eigenvalue weighted by molar-refractivity contribution is -0.268. The third-order valence-corrected chi connectivity index (χ3v) is 8.86. The molecule has 2 heterocycles. The number of benzene rings is 4. The van der Waals surface area contributed by atoms with Crippen molar-refractivity contribution < 1.29 is 23.8 Å². The van der Waals surface area contributed by atoms with Crippen LogP contribution in [0.25, 0.3) is 22.6 Å². The van der Waals surface area contributed by atoms with E-state index in [0.29, 0.717) is 23.2 Å². The van der Waals surface area contributed by atoms with Crippen molar-refractivity contribution in [3.63, 3.8) is 0 Å². The highest BCUT2D eigenvalue weighted by atomic mass is 32.2. The third kappa shape index (κ3) is 7.35. The first-order chi connectivity index (χ1) is 22.5. The summed E-state index contributed by atoms with van der Waals surface area (Å²) in [5.74, 6) is 1.29. The molecule has 1 aromatic heterocycles. The first kappa shape index (κ1) is 31.6. The Morgan fingerprint density at radius 2 is 1.59 bits per heavy atom. The smallest absolute Gasteiger partial charge is 0.319 e. The van der Waals surface area contributed by atoms with Gasteiger partial charge in [0, 0.05) is 40.6 Å². The van der Waals surface area contributed by atoms with Gasteiger partial charge in [-0.15, -0.1) is 0 Å². The summed E-state index contributed by atoms with van der Waals surface area (Å²) in [5, 5.41) is 15.8. The molecule has 0 bridgehead atoms. The second-order valence-electron chi connectivity index (χ2n) is 11.1. The van der Waals surface area contributed by atoms with Crippen molar-refractivity contribution in [3.05, 3.63) is 126 Å². The molecule has 0 saturated carbocycles. The minimum Gasteiger partial charge on any atom is -0.431 e. The second-order valence-corrected chi connectivity index (χ2v) is 12.1. The Morgan fingerprint density at radius 3 is 2.28 bits per heavy atom. The molecule has 0 aliphatic carbocycles. The van der Waals surface area contributed by atoms with Gasteiger partial charge in [0.1, 0.15) is 5.69 Å². The summed E-state index contributed by atoms with van der Waals surface area (Å²) in [5.41, 5.74) is 6.02. The topological polar surface area (TPSA) is 106 Å². The van der Waals surface area contributed by atoms with Crippen molar-refractivity contribution >= 4 is 23.5 Å². The highest BCUT2D eigenvalue weighted by molar-refractivity contribution is 7.99. The number of anilines is 1. The number of carbonyl (C=O) groups is 1. The van der Waals surface area contributed by atoms with Crippen LogP contribution in [0.2, 0.25) is 0 Å². The van der Waals surface area contributed by atoms with E-state index < -0.39 is 6.29 Å². The number of ether oxygens (including phenoxy) is 2. The predicted molar refractivity (Wildman–Crippen MR) is 180 cm³/mol. The molecule has 236 valence electrons. The molecule has 8 nitrogen and oxygen atoms in total. The molecule has 9 heteroatoms. The summed E-state index contributed by atoms with van der Waals surface area (Å²) in [6.45, 7) is 4.50. The Morgan fingerprint density at radius 1 is 0.870 bits per heavy atom. The van der Waals surface area contributed by atoms with Crippen LogP contribution >= 0.6 is 11.8 Å². The summed E-state index contributed by atoms with van der Waals surface area (Å²) < 4.78 is 19.6. The van der Waals surface area contributed by atoms with Crippen LogP contribution in [0.15, 0.2) is 119 Å². The molecule has 3 N–H and O–H groups in total. The van der Waals surface area contributed by atoms with E-state index in [1.807, 2.05) is 116 Å². The first-order valence-corrected chi connectivity index (χ1v) is 16.4. The van der Waals surface area contributed by atoms with E-state index in [9.17, 15) is 9.90 Å². The lowest BCUT2D eigenvalue weighted by Crippen LogP contribution is -2.38. The van der Waals surface area contributed by atoms with Crippen LogP contribution in [0.3, 0.4) is 0 Å². The number of hydrogen-bond acceptors (Lipinski definition) is 7. The molecule has 5 aromatic rings. The number of thioether (sulfide) groups is 1.